The molecule has 0 aromatic heterocycles. The summed E-state index contributed by atoms with van der Waals surface area (Å²) < 4.78 is 24.7. The first kappa shape index (κ1) is 14.8. The summed E-state index contributed by atoms with van der Waals surface area (Å²) >= 11 is 0. The van der Waals surface area contributed by atoms with E-state index in [1.807, 2.05) is 30.3 Å². The van der Waals surface area contributed by atoms with Crippen molar-refractivity contribution in [1.82, 2.24) is 4.90 Å². The number of amides is 1. The predicted molar refractivity (Wildman–Crippen MR) is 73.1 cm³/mol. The van der Waals surface area contributed by atoms with Crippen molar-refractivity contribution in [1.29, 1.82) is 0 Å². The van der Waals surface area contributed by atoms with Crippen LogP contribution in [0.3, 0.4) is 0 Å². The zero-order valence-electron chi connectivity index (χ0n) is 11.8. The van der Waals surface area contributed by atoms with E-state index in [-0.39, 0.29) is 19.6 Å². The first-order valence-electron chi connectivity index (χ1n) is 6.72. The number of methoxy groups -OCH3 is 1. The molecule has 0 radical (unpaired) electrons. The largest absolute Gasteiger partial charge is 0.445 e. The van der Waals surface area contributed by atoms with Gasteiger partial charge in [0.15, 0.2) is 5.67 Å². The molecular weight excluding hydrogens is 261 g/mol. The van der Waals surface area contributed by atoms with Gasteiger partial charge in [0.2, 0.25) is 0 Å². The van der Waals surface area contributed by atoms with E-state index < -0.39 is 17.9 Å². The van der Waals surface area contributed by atoms with Crippen molar-refractivity contribution in [3.63, 3.8) is 0 Å². The third-order valence-corrected chi connectivity index (χ3v) is 3.80. The molecule has 1 amide bonds. The summed E-state index contributed by atoms with van der Waals surface area (Å²) in [4.78, 5) is 13.3. The van der Waals surface area contributed by atoms with Crippen LogP contribution in [-0.2, 0) is 16.1 Å². The molecule has 1 heterocycles. The Hall–Kier alpha value is -1.62. The fourth-order valence-corrected chi connectivity index (χ4v) is 2.31. The average Bonchev–Trinajstić information content (AvgIpc) is 2.89. The summed E-state index contributed by atoms with van der Waals surface area (Å²) in [6, 6.07) is 9.42. The lowest BCUT2D eigenvalue weighted by molar-refractivity contribution is -0.0203. The van der Waals surface area contributed by atoms with E-state index in [2.05, 4.69) is 0 Å². The van der Waals surface area contributed by atoms with Crippen molar-refractivity contribution in [3.8, 4) is 0 Å². The van der Waals surface area contributed by atoms with Gasteiger partial charge in [0.25, 0.3) is 0 Å². The highest BCUT2D eigenvalue weighted by molar-refractivity contribution is 5.68. The number of benzene rings is 1. The molecule has 0 saturated carbocycles. The monoisotopic (exact) mass is 281 g/mol. The fraction of sp³-hybridized carbons (Fsp3) is 0.533. The topological polar surface area (TPSA) is 38.8 Å². The standard InChI is InChI=1S/C15H20FNO3/c1-12(19-2)15(16)8-9-17(11-15)14(18)20-10-13-6-4-3-5-7-13/h3-7,12H,8-11H2,1-2H3. The number of hydrogen-bond donors (Lipinski definition) is 0. The molecule has 2 atom stereocenters. The highest BCUT2D eigenvalue weighted by Crippen LogP contribution is 2.30. The lowest BCUT2D eigenvalue weighted by atomic mass is 9.99. The number of carbonyl (C=O) groups is 1. The van der Waals surface area contributed by atoms with Crippen LogP contribution in [0, 0.1) is 0 Å². The van der Waals surface area contributed by atoms with Crippen LogP contribution >= 0.6 is 0 Å². The van der Waals surface area contributed by atoms with Gasteiger partial charge in [0.1, 0.15) is 6.61 Å². The van der Waals surface area contributed by atoms with Crippen LogP contribution in [0.5, 0.6) is 0 Å². The minimum atomic E-state index is -1.49. The van der Waals surface area contributed by atoms with Crippen LogP contribution in [0.15, 0.2) is 30.3 Å². The summed E-state index contributed by atoms with van der Waals surface area (Å²) in [5.41, 5.74) is -0.572. The smallest absolute Gasteiger partial charge is 0.410 e. The van der Waals surface area contributed by atoms with Crippen molar-refractivity contribution in [2.24, 2.45) is 0 Å². The maximum absolute atomic E-state index is 14.5. The molecule has 5 heteroatoms. The Morgan fingerprint density at radius 3 is 2.80 bits per heavy atom. The minimum Gasteiger partial charge on any atom is -0.445 e. The molecule has 0 spiro atoms. The highest BCUT2D eigenvalue weighted by atomic mass is 19.1. The zero-order chi connectivity index (χ0) is 14.6. The van der Waals surface area contributed by atoms with Crippen LogP contribution in [0.2, 0.25) is 0 Å². The summed E-state index contributed by atoms with van der Waals surface area (Å²) in [5, 5.41) is 0. The SMILES string of the molecule is COC(C)C1(F)CCN(C(=O)OCc2ccccc2)C1. The number of halogens is 1. The lowest BCUT2D eigenvalue weighted by Gasteiger charge is -2.25. The molecule has 2 unspecified atom stereocenters. The number of hydrogen-bond acceptors (Lipinski definition) is 3. The van der Waals surface area contributed by atoms with Gasteiger partial charge in [-0.05, 0) is 12.5 Å². The van der Waals surface area contributed by atoms with E-state index in [0.717, 1.165) is 5.56 Å². The number of ether oxygens (including phenoxy) is 2. The first-order valence-corrected chi connectivity index (χ1v) is 6.72. The maximum Gasteiger partial charge on any atom is 0.410 e. The summed E-state index contributed by atoms with van der Waals surface area (Å²) in [6.07, 6.45) is -0.728. The average molecular weight is 281 g/mol. The molecule has 0 N–H and O–H groups in total. The van der Waals surface area contributed by atoms with Gasteiger partial charge in [0.05, 0.1) is 12.6 Å². The molecule has 20 heavy (non-hydrogen) atoms. The van der Waals surface area contributed by atoms with Crippen LogP contribution in [-0.4, -0.2) is 43.0 Å². The van der Waals surface area contributed by atoms with Crippen LogP contribution in [0.1, 0.15) is 18.9 Å². The van der Waals surface area contributed by atoms with Gasteiger partial charge >= 0.3 is 6.09 Å². The number of carbonyl (C=O) groups excluding carboxylic acids is 1. The molecule has 2 rings (SSSR count). The third-order valence-electron chi connectivity index (χ3n) is 3.80. The normalized spacial score (nSPS) is 23.6. The van der Waals surface area contributed by atoms with E-state index in [9.17, 15) is 9.18 Å². The molecule has 1 aromatic carbocycles. The Morgan fingerprint density at radius 2 is 2.15 bits per heavy atom. The van der Waals surface area contributed by atoms with E-state index >= 15 is 0 Å². The Morgan fingerprint density at radius 1 is 1.45 bits per heavy atom. The molecule has 0 aliphatic carbocycles. The van der Waals surface area contributed by atoms with E-state index in [4.69, 9.17) is 9.47 Å². The molecule has 1 saturated heterocycles. The van der Waals surface area contributed by atoms with Crippen LogP contribution in [0.25, 0.3) is 0 Å². The van der Waals surface area contributed by atoms with E-state index in [1.54, 1.807) is 6.92 Å². The van der Waals surface area contributed by atoms with Gasteiger partial charge in [-0.25, -0.2) is 9.18 Å². The van der Waals surface area contributed by atoms with E-state index in [1.165, 1.54) is 12.0 Å². The van der Waals surface area contributed by atoms with Crippen molar-refractivity contribution in [2.75, 3.05) is 20.2 Å². The Labute approximate surface area is 118 Å². The molecule has 1 aliphatic heterocycles. The quantitative estimate of drug-likeness (QED) is 0.852. The first-order chi connectivity index (χ1) is 9.55. The maximum atomic E-state index is 14.5. The second-order valence-electron chi connectivity index (χ2n) is 5.12. The molecule has 1 aromatic rings. The van der Waals surface area contributed by atoms with Crippen LogP contribution in [0.4, 0.5) is 9.18 Å². The number of alkyl halides is 1. The second-order valence-corrected chi connectivity index (χ2v) is 5.12. The van der Waals surface area contributed by atoms with E-state index in [0.29, 0.717) is 6.54 Å². The van der Waals surface area contributed by atoms with Crippen LogP contribution < -0.4 is 0 Å². The van der Waals surface area contributed by atoms with Gasteiger partial charge in [-0.1, -0.05) is 30.3 Å². The lowest BCUT2D eigenvalue weighted by Crippen LogP contribution is -2.41. The van der Waals surface area contributed by atoms with Gasteiger partial charge < -0.3 is 14.4 Å². The minimum absolute atomic E-state index is 0.0234. The number of rotatable bonds is 4. The summed E-state index contributed by atoms with van der Waals surface area (Å²) in [7, 11) is 1.47. The Balaban J connectivity index is 1.86. The van der Waals surface area contributed by atoms with Crippen molar-refractivity contribution in [2.45, 2.75) is 31.7 Å². The van der Waals surface area contributed by atoms with Crippen molar-refractivity contribution in [3.05, 3.63) is 35.9 Å². The predicted octanol–water partition coefficient (Wildman–Crippen LogP) is 2.77. The van der Waals surface area contributed by atoms with Gasteiger partial charge in [-0.15, -0.1) is 0 Å². The van der Waals surface area contributed by atoms with Crippen molar-refractivity contribution >= 4 is 6.09 Å². The molecule has 110 valence electrons. The number of nitrogens with zero attached hydrogens (tertiary/aromatic N) is 1. The third kappa shape index (κ3) is 3.28. The van der Waals surface area contributed by atoms with Gasteiger partial charge in [0, 0.05) is 20.1 Å². The Bertz CT molecular complexity index is 454. The van der Waals surface area contributed by atoms with Crippen molar-refractivity contribution < 1.29 is 18.7 Å². The zero-order valence-corrected chi connectivity index (χ0v) is 11.8. The van der Waals surface area contributed by atoms with Gasteiger partial charge in [-0.3, -0.25) is 0 Å². The molecular formula is C15H20FNO3. The summed E-state index contributed by atoms with van der Waals surface area (Å²) in [6.45, 7) is 2.27. The molecule has 4 nitrogen and oxygen atoms in total. The summed E-state index contributed by atoms with van der Waals surface area (Å²) in [5.74, 6) is 0. The molecule has 1 fully saturated rings. The Kier molecular flexibility index (Phi) is 4.60. The second kappa shape index (κ2) is 6.22. The molecule has 0 bridgehead atoms. The fourth-order valence-electron chi connectivity index (χ4n) is 2.31. The highest BCUT2D eigenvalue weighted by Gasteiger charge is 2.45. The van der Waals surface area contributed by atoms with Gasteiger partial charge in [-0.2, -0.15) is 0 Å². The number of likely N-dealkylation sites (tertiary alicyclic amines) is 1. The molecule has 1 aliphatic rings.